The summed E-state index contributed by atoms with van der Waals surface area (Å²) in [6.45, 7) is 5.75. The Morgan fingerprint density at radius 3 is 2.92 bits per heavy atom. The summed E-state index contributed by atoms with van der Waals surface area (Å²) in [5.41, 5.74) is 2.05. The molecule has 0 fully saturated rings. The fourth-order valence-electron chi connectivity index (χ4n) is 2.21. The van der Waals surface area contributed by atoms with Gasteiger partial charge in [0.05, 0.1) is 12.8 Å². The maximum atomic E-state index is 12.2. The molecule has 1 atom stereocenters. The lowest BCUT2D eigenvalue weighted by atomic mass is 10.1. The largest absolute Gasteiger partial charge is 0.481 e. The minimum atomic E-state index is -0.642. The van der Waals surface area contributed by atoms with E-state index in [1.165, 1.54) is 6.26 Å². The number of hydrogen-bond acceptors (Lipinski definition) is 6. The van der Waals surface area contributed by atoms with Crippen LogP contribution >= 0.6 is 0 Å². The molecule has 2 aromatic heterocycles. The van der Waals surface area contributed by atoms with Gasteiger partial charge in [0.2, 0.25) is 0 Å². The van der Waals surface area contributed by atoms with E-state index in [1.807, 2.05) is 32.0 Å². The third-order valence-electron chi connectivity index (χ3n) is 3.64. The van der Waals surface area contributed by atoms with Crippen LogP contribution in [-0.2, 0) is 11.3 Å². The van der Waals surface area contributed by atoms with Crippen molar-refractivity contribution >= 4 is 5.91 Å². The van der Waals surface area contributed by atoms with E-state index >= 15 is 0 Å². The summed E-state index contributed by atoms with van der Waals surface area (Å²) in [5, 5.41) is 6.54. The highest BCUT2D eigenvalue weighted by Gasteiger charge is 2.17. The lowest BCUT2D eigenvalue weighted by Crippen LogP contribution is -2.36. The molecular formula is C18H19N3O4. The van der Waals surface area contributed by atoms with Crippen molar-refractivity contribution in [2.24, 2.45) is 0 Å². The minimum absolute atomic E-state index is 0.142. The molecule has 0 aliphatic heterocycles. The normalized spacial score (nSPS) is 12.0. The van der Waals surface area contributed by atoms with Gasteiger partial charge in [-0.15, -0.1) is 0 Å². The molecule has 3 rings (SSSR count). The smallest absolute Gasteiger partial charge is 0.293 e. The summed E-state index contributed by atoms with van der Waals surface area (Å²) in [5.74, 6) is 1.55. The van der Waals surface area contributed by atoms with E-state index in [4.69, 9.17) is 13.7 Å². The second-order valence-corrected chi connectivity index (χ2v) is 5.74. The van der Waals surface area contributed by atoms with Crippen LogP contribution < -0.4 is 10.1 Å². The molecule has 7 heteroatoms. The highest BCUT2D eigenvalue weighted by molar-refractivity contribution is 5.80. The molecule has 130 valence electrons. The molecule has 0 unspecified atom stereocenters. The first-order valence-electron chi connectivity index (χ1n) is 7.91. The van der Waals surface area contributed by atoms with E-state index in [1.54, 1.807) is 19.1 Å². The zero-order chi connectivity index (χ0) is 17.8. The summed E-state index contributed by atoms with van der Waals surface area (Å²) in [6.07, 6.45) is 0.879. The molecule has 25 heavy (non-hydrogen) atoms. The molecular weight excluding hydrogens is 322 g/mol. The lowest BCUT2D eigenvalue weighted by molar-refractivity contribution is -0.127. The Hall–Kier alpha value is -3.09. The van der Waals surface area contributed by atoms with Crippen LogP contribution in [0, 0.1) is 13.8 Å². The maximum Gasteiger partial charge on any atom is 0.293 e. The zero-order valence-corrected chi connectivity index (χ0v) is 14.3. The molecule has 7 nitrogen and oxygen atoms in total. The fraction of sp³-hybridized carbons (Fsp3) is 0.278. The first-order chi connectivity index (χ1) is 12.0. The standard InChI is InChI=1S/C18H19N3O4/c1-11-6-7-12(2)15(9-11)24-13(3)17(22)19-10-16-20-18(25-21-16)14-5-4-8-23-14/h4-9,13H,10H2,1-3H3,(H,19,22)/t13-/m0/s1. The van der Waals surface area contributed by atoms with E-state index < -0.39 is 6.10 Å². The van der Waals surface area contributed by atoms with Gasteiger partial charge in [-0.3, -0.25) is 4.79 Å². The number of hydrogen-bond donors (Lipinski definition) is 1. The van der Waals surface area contributed by atoms with E-state index in [-0.39, 0.29) is 18.3 Å². The van der Waals surface area contributed by atoms with Crippen molar-refractivity contribution in [1.29, 1.82) is 0 Å². The molecule has 2 heterocycles. The SMILES string of the molecule is Cc1ccc(C)c(O[C@@H](C)C(=O)NCc2noc(-c3ccco3)n2)c1. The van der Waals surface area contributed by atoms with Gasteiger partial charge in [-0.05, 0) is 50.1 Å². The summed E-state index contributed by atoms with van der Waals surface area (Å²) < 4.78 is 16.0. The van der Waals surface area contributed by atoms with Gasteiger partial charge < -0.3 is 19.0 Å². The number of furan rings is 1. The van der Waals surface area contributed by atoms with Crippen molar-refractivity contribution in [1.82, 2.24) is 15.5 Å². The molecule has 0 aliphatic carbocycles. The van der Waals surface area contributed by atoms with Crippen LogP contribution in [0.25, 0.3) is 11.7 Å². The molecule has 1 N–H and O–H groups in total. The van der Waals surface area contributed by atoms with Gasteiger partial charge in [0.25, 0.3) is 11.8 Å². The number of rotatable bonds is 6. The van der Waals surface area contributed by atoms with Crippen molar-refractivity contribution in [2.45, 2.75) is 33.4 Å². The average Bonchev–Trinajstić information content (AvgIpc) is 3.26. The van der Waals surface area contributed by atoms with Crippen LogP contribution in [0.3, 0.4) is 0 Å². The van der Waals surface area contributed by atoms with Gasteiger partial charge in [0.1, 0.15) is 5.75 Å². The summed E-state index contributed by atoms with van der Waals surface area (Å²) in [7, 11) is 0. The molecule has 0 bridgehead atoms. The third-order valence-corrected chi connectivity index (χ3v) is 3.64. The first kappa shape index (κ1) is 16.8. The van der Waals surface area contributed by atoms with E-state index in [0.717, 1.165) is 11.1 Å². The van der Waals surface area contributed by atoms with Crippen molar-refractivity contribution in [2.75, 3.05) is 0 Å². The van der Waals surface area contributed by atoms with Crippen LogP contribution in [0.15, 0.2) is 45.5 Å². The van der Waals surface area contributed by atoms with Gasteiger partial charge in [-0.2, -0.15) is 4.98 Å². The molecule has 0 radical (unpaired) electrons. The number of aromatic nitrogens is 2. The molecule has 1 aromatic carbocycles. The van der Waals surface area contributed by atoms with Crippen LogP contribution in [-0.4, -0.2) is 22.2 Å². The topological polar surface area (TPSA) is 90.4 Å². The number of nitrogens with zero attached hydrogens (tertiary/aromatic N) is 2. The van der Waals surface area contributed by atoms with E-state index in [2.05, 4.69) is 15.5 Å². The van der Waals surface area contributed by atoms with Gasteiger partial charge in [0.15, 0.2) is 17.7 Å². The molecule has 0 spiro atoms. The monoisotopic (exact) mass is 341 g/mol. The Morgan fingerprint density at radius 1 is 1.32 bits per heavy atom. The molecule has 1 amide bonds. The Kier molecular flexibility index (Phi) is 4.83. The lowest BCUT2D eigenvalue weighted by Gasteiger charge is -2.16. The van der Waals surface area contributed by atoms with E-state index in [9.17, 15) is 4.79 Å². The van der Waals surface area contributed by atoms with Crippen molar-refractivity contribution < 1.29 is 18.5 Å². The second-order valence-electron chi connectivity index (χ2n) is 5.74. The fourth-order valence-corrected chi connectivity index (χ4v) is 2.21. The van der Waals surface area contributed by atoms with Crippen LogP contribution in [0.2, 0.25) is 0 Å². The number of amides is 1. The van der Waals surface area contributed by atoms with Crippen LogP contribution in [0.5, 0.6) is 5.75 Å². The first-order valence-corrected chi connectivity index (χ1v) is 7.91. The highest BCUT2D eigenvalue weighted by atomic mass is 16.5. The van der Waals surface area contributed by atoms with Gasteiger partial charge in [-0.1, -0.05) is 17.3 Å². The third kappa shape index (κ3) is 4.06. The number of nitrogens with one attached hydrogen (secondary N) is 1. The second kappa shape index (κ2) is 7.21. The summed E-state index contributed by atoms with van der Waals surface area (Å²) in [4.78, 5) is 16.4. The summed E-state index contributed by atoms with van der Waals surface area (Å²) in [6, 6.07) is 9.32. The Morgan fingerprint density at radius 2 is 2.16 bits per heavy atom. The van der Waals surface area contributed by atoms with Crippen LogP contribution in [0.1, 0.15) is 23.9 Å². The maximum absolute atomic E-state index is 12.2. The molecule has 0 saturated heterocycles. The summed E-state index contributed by atoms with van der Waals surface area (Å²) >= 11 is 0. The van der Waals surface area contributed by atoms with Crippen LogP contribution in [0.4, 0.5) is 0 Å². The molecule has 3 aromatic rings. The number of carbonyl (C=O) groups is 1. The van der Waals surface area contributed by atoms with Crippen molar-refractivity contribution in [3.8, 4) is 17.4 Å². The average molecular weight is 341 g/mol. The number of aryl methyl sites for hydroxylation is 2. The van der Waals surface area contributed by atoms with Gasteiger partial charge in [0, 0.05) is 0 Å². The molecule has 0 saturated carbocycles. The Bertz CT molecular complexity index is 855. The predicted molar refractivity (Wildman–Crippen MR) is 89.9 cm³/mol. The van der Waals surface area contributed by atoms with Gasteiger partial charge in [-0.25, -0.2) is 0 Å². The number of benzene rings is 1. The van der Waals surface area contributed by atoms with E-state index in [0.29, 0.717) is 17.3 Å². The Labute approximate surface area is 145 Å². The highest BCUT2D eigenvalue weighted by Crippen LogP contribution is 2.20. The predicted octanol–water partition coefficient (Wildman–Crippen LogP) is 3.03. The minimum Gasteiger partial charge on any atom is -0.481 e. The number of ether oxygens (including phenoxy) is 1. The Balaban J connectivity index is 1.56. The number of carbonyl (C=O) groups excluding carboxylic acids is 1. The van der Waals surface area contributed by atoms with Crippen molar-refractivity contribution in [3.63, 3.8) is 0 Å². The zero-order valence-electron chi connectivity index (χ0n) is 14.3. The molecule has 0 aliphatic rings. The van der Waals surface area contributed by atoms with Crippen molar-refractivity contribution in [3.05, 3.63) is 53.5 Å². The quantitative estimate of drug-likeness (QED) is 0.741. The van der Waals surface area contributed by atoms with Gasteiger partial charge >= 0.3 is 0 Å².